The number of carbonyl (C=O) groups is 1. The second-order valence-electron chi connectivity index (χ2n) is 3.94. The molecule has 0 aliphatic heterocycles. The molecular formula is C10H22N2O3S. The minimum atomic E-state index is -3.28. The molecule has 0 N–H and O–H groups in total. The molecule has 0 spiro atoms. The molecule has 0 unspecified atom stereocenters. The van der Waals surface area contributed by atoms with E-state index in [0.717, 1.165) is 0 Å². The van der Waals surface area contributed by atoms with Gasteiger partial charge in [0.1, 0.15) is 0 Å². The van der Waals surface area contributed by atoms with E-state index < -0.39 is 10.0 Å². The van der Waals surface area contributed by atoms with Crippen LogP contribution in [0.3, 0.4) is 0 Å². The Kier molecular flexibility index (Phi) is 6.59. The van der Waals surface area contributed by atoms with Crippen molar-refractivity contribution in [3.8, 4) is 0 Å². The lowest BCUT2D eigenvalue weighted by Gasteiger charge is -2.22. The second-order valence-corrected chi connectivity index (χ2v) is 6.03. The van der Waals surface area contributed by atoms with Crippen molar-refractivity contribution in [2.45, 2.75) is 26.7 Å². The zero-order valence-electron chi connectivity index (χ0n) is 10.6. The van der Waals surface area contributed by atoms with E-state index in [1.54, 1.807) is 14.1 Å². The van der Waals surface area contributed by atoms with Gasteiger partial charge in [0.15, 0.2) is 0 Å². The zero-order chi connectivity index (χ0) is 12.8. The maximum atomic E-state index is 11.8. The fourth-order valence-electron chi connectivity index (χ4n) is 1.25. The Balaban J connectivity index is 4.68. The number of amides is 1. The van der Waals surface area contributed by atoms with Gasteiger partial charge < -0.3 is 4.90 Å². The lowest BCUT2D eigenvalue weighted by Crippen LogP contribution is -2.41. The predicted molar refractivity (Wildman–Crippen MR) is 64.6 cm³/mol. The molecule has 0 saturated heterocycles. The van der Waals surface area contributed by atoms with Crippen molar-refractivity contribution < 1.29 is 13.2 Å². The van der Waals surface area contributed by atoms with E-state index in [1.165, 1.54) is 9.21 Å². The van der Waals surface area contributed by atoms with Crippen LogP contribution in [0.4, 0.5) is 0 Å². The molecule has 0 aliphatic rings. The Morgan fingerprint density at radius 2 is 1.69 bits per heavy atom. The Labute approximate surface area is 98.5 Å². The lowest BCUT2D eigenvalue weighted by atomic mass is 10.4. The normalized spacial score (nSPS) is 11.8. The average molecular weight is 250 g/mol. The fourth-order valence-corrected chi connectivity index (χ4v) is 2.79. The molecule has 0 aliphatic carbocycles. The third-order valence-electron chi connectivity index (χ3n) is 2.14. The molecule has 96 valence electrons. The summed E-state index contributed by atoms with van der Waals surface area (Å²) in [6.07, 6.45) is 1.28. The molecule has 5 nitrogen and oxygen atoms in total. The summed E-state index contributed by atoms with van der Waals surface area (Å²) in [6.45, 7) is 4.06. The SMILES string of the molecule is CCCN(CC(=O)N(C)C)S(=O)(=O)CCC. The van der Waals surface area contributed by atoms with Crippen molar-refractivity contribution in [3.05, 3.63) is 0 Å². The van der Waals surface area contributed by atoms with Crippen LogP contribution in [-0.4, -0.2) is 56.5 Å². The van der Waals surface area contributed by atoms with E-state index in [0.29, 0.717) is 19.4 Å². The van der Waals surface area contributed by atoms with Crippen molar-refractivity contribution in [2.75, 3.05) is 32.9 Å². The third-order valence-corrected chi connectivity index (χ3v) is 4.16. The minimum Gasteiger partial charge on any atom is -0.348 e. The highest BCUT2D eigenvalue weighted by atomic mass is 32.2. The van der Waals surface area contributed by atoms with Gasteiger partial charge in [-0.2, -0.15) is 4.31 Å². The van der Waals surface area contributed by atoms with Gasteiger partial charge in [-0.25, -0.2) is 8.42 Å². The van der Waals surface area contributed by atoms with E-state index in [-0.39, 0.29) is 18.2 Å². The molecule has 0 radical (unpaired) electrons. The molecule has 0 aromatic heterocycles. The summed E-state index contributed by atoms with van der Waals surface area (Å²) in [4.78, 5) is 12.9. The van der Waals surface area contributed by atoms with Gasteiger partial charge in [-0.1, -0.05) is 13.8 Å². The monoisotopic (exact) mass is 250 g/mol. The second kappa shape index (κ2) is 6.85. The van der Waals surface area contributed by atoms with Crippen LogP contribution in [0.15, 0.2) is 0 Å². The van der Waals surface area contributed by atoms with Gasteiger partial charge in [-0.15, -0.1) is 0 Å². The Hall–Kier alpha value is -0.620. The summed E-state index contributed by atoms with van der Waals surface area (Å²) >= 11 is 0. The molecule has 0 saturated carbocycles. The molecular weight excluding hydrogens is 228 g/mol. The van der Waals surface area contributed by atoms with Crippen LogP contribution in [0, 0.1) is 0 Å². The van der Waals surface area contributed by atoms with Gasteiger partial charge in [0.05, 0.1) is 12.3 Å². The number of hydrogen-bond acceptors (Lipinski definition) is 3. The molecule has 16 heavy (non-hydrogen) atoms. The van der Waals surface area contributed by atoms with Gasteiger partial charge in [-0.3, -0.25) is 4.79 Å². The maximum Gasteiger partial charge on any atom is 0.237 e. The molecule has 0 aromatic carbocycles. The summed E-state index contributed by atoms with van der Waals surface area (Å²) in [6, 6.07) is 0. The van der Waals surface area contributed by atoms with Crippen LogP contribution in [0.5, 0.6) is 0 Å². The molecule has 0 heterocycles. The van der Waals surface area contributed by atoms with Gasteiger partial charge >= 0.3 is 0 Å². The topological polar surface area (TPSA) is 57.7 Å². The summed E-state index contributed by atoms with van der Waals surface area (Å²) in [5, 5.41) is 0. The van der Waals surface area contributed by atoms with Crippen molar-refractivity contribution >= 4 is 15.9 Å². The first-order valence-corrected chi connectivity index (χ1v) is 7.14. The molecule has 1 amide bonds. The fraction of sp³-hybridized carbons (Fsp3) is 0.900. The molecule has 6 heteroatoms. The van der Waals surface area contributed by atoms with E-state index >= 15 is 0 Å². The summed E-state index contributed by atoms with van der Waals surface area (Å²) in [5.41, 5.74) is 0. The highest BCUT2D eigenvalue weighted by molar-refractivity contribution is 7.89. The molecule has 0 aromatic rings. The number of sulfonamides is 1. The summed E-state index contributed by atoms with van der Waals surface area (Å²) in [7, 11) is -0.0295. The first-order chi connectivity index (χ1) is 7.35. The molecule has 0 atom stereocenters. The van der Waals surface area contributed by atoms with Crippen LogP contribution in [0.1, 0.15) is 26.7 Å². The van der Waals surface area contributed by atoms with E-state index in [2.05, 4.69) is 0 Å². The first-order valence-electron chi connectivity index (χ1n) is 5.53. The molecule has 0 fully saturated rings. The number of hydrogen-bond donors (Lipinski definition) is 0. The first kappa shape index (κ1) is 15.4. The van der Waals surface area contributed by atoms with E-state index in [1.807, 2.05) is 13.8 Å². The molecule has 0 bridgehead atoms. The zero-order valence-corrected chi connectivity index (χ0v) is 11.4. The van der Waals surface area contributed by atoms with Crippen LogP contribution < -0.4 is 0 Å². The predicted octanol–water partition coefficient (Wildman–Crippen LogP) is 0.526. The van der Waals surface area contributed by atoms with E-state index in [4.69, 9.17) is 0 Å². The van der Waals surface area contributed by atoms with Crippen molar-refractivity contribution in [3.63, 3.8) is 0 Å². The number of carbonyl (C=O) groups excluding carboxylic acids is 1. The van der Waals surface area contributed by atoms with Crippen LogP contribution in [-0.2, 0) is 14.8 Å². The van der Waals surface area contributed by atoms with Crippen molar-refractivity contribution in [1.82, 2.24) is 9.21 Å². The number of rotatable bonds is 7. The van der Waals surface area contributed by atoms with Gasteiger partial charge in [0.25, 0.3) is 0 Å². The maximum absolute atomic E-state index is 11.8. The smallest absolute Gasteiger partial charge is 0.237 e. The van der Waals surface area contributed by atoms with Crippen LogP contribution >= 0.6 is 0 Å². The third kappa shape index (κ3) is 4.94. The summed E-state index contributed by atoms with van der Waals surface area (Å²) in [5.74, 6) is -0.0820. The average Bonchev–Trinajstić information content (AvgIpc) is 2.16. The Bertz CT molecular complexity index is 312. The quantitative estimate of drug-likeness (QED) is 0.662. The molecule has 0 rings (SSSR count). The van der Waals surface area contributed by atoms with Gasteiger partial charge in [0.2, 0.25) is 15.9 Å². The highest BCUT2D eigenvalue weighted by Crippen LogP contribution is 2.05. The van der Waals surface area contributed by atoms with Gasteiger partial charge in [-0.05, 0) is 12.8 Å². The number of nitrogens with zero attached hydrogens (tertiary/aromatic N) is 2. The summed E-state index contributed by atoms with van der Waals surface area (Å²) < 4.78 is 24.9. The van der Waals surface area contributed by atoms with Crippen LogP contribution in [0.2, 0.25) is 0 Å². The lowest BCUT2D eigenvalue weighted by molar-refractivity contribution is -0.128. The Morgan fingerprint density at radius 3 is 2.06 bits per heavy atom. The largest absolute Gasteiger partial charge is 0.348 e. The standard InChI is InChI=1S/C10H22N2O3S/c1-5-7-12(9-10(13)11(3)4)16(14,15)8-6-2/h5-9H2,1-4H3. The minimum absolute atomic E-state index is 0.0524. The Morgan fingerprint density at radius 1 is 1.12 bits per heavy atom. The number of likely N-dealkylation sites (N-methyl/N-ethyl adjacent to an activating group) is 1. The van der Waals surface area contributed by atoms with Crippen molar-refractivity contribution in [2.24, 2.45) is 0 Å². The highest BCUT2D eigenvalue weighted by Gasteiger charge is 2.23. The van der Waals surface area contributed by atoms with Crippen LogP contribution in [0.25, 0.3) is 0 Å². The van der Waals surface area contributed by atoms with E-state index in [9.17, 15) is 13.2 Å². The van der Waals surface area contributed by atoms with Crippen molar-refractivity contribution in [1.29, 1.82) is 0 Å². The van der Waals surface area contributed by atoms with Gasteiger partial charge in [0, 0.05) is 20.6 Å².